The first-order valence-corrected chi connectivity index (χ1v) is 7.46. The molecule has 7 heteroatoms. The van der Waals surface area contributed by atoms with Gasteiger partial charge in [0.25, 0.3) is 0 Å². The number of aliphatic hydroxyl groups is 2. The Hall–Kier alpha value is -1.51. The lowest BCUT2D eigenvalue weighted by Crippen LogP contribution is -2.35. The van der Waals surface area contributed by atoms with Crippen LogP contribution in [-0.4, -0.2) is 51.4 Å². The lowest BCUT2D eigenvalue weighted by Gasteiger charge is -2.20. The van der Waals surface area contributed by atoms with Gasteiger partial charge in [-0.25, -0.2) is 4.79 Å². The van der Waals surface area contributed by atoms with Crippen molar-refractivity contribution in [2.24, 2.45) is 5.73 Å². The van der Waals surface area contributed by atoms with E-state index in [0.29, 0.717) is 12.0 Å². The summed E-state index contributed by atoms with van der Waals surface area (Å²) in [6, 6.07) is 8.17. The van der Waals surface area contributed by atoms with Crippen molar-refractivity contribution >= 4 is 5.97 Å². The molecule has 2 fully saturated rings. The standard InChI is InChI=1S/C8H15NO3.C8H8O3/c1-8(2)11-6-4(9)3-5(10)7(6)12-8;9-7(8(10)11)6-4-2-1-3-5-6/h4-7,10H,3,9H2,1-2H3;1-5,7,9H,(H,10,11)/t4-,5+,6+,7-;7-/m11/s1. The molecule has 23 heavy (non-hydrogen) atoms. The summed E-state index contributed by atoms with van der Waals surface area (Å²) < 4.78 is 11.1. The van der Waals surface area contributed by atoms with Crippen LogP contribution in [0.5, 0.6) is 0 Å². The van der Waals surface area contributed by atoms with Crippen molar-refractivity contribution in [2.75, 3.05) is 0 Å². The molecule has 0 amide bonds. The fraction of sp³-hybridized carbons (Fsp3) is 0.562. The molecule has 1 heterocycles. The van der Waals surface area contributed by atoms with Gasteiger partial charge in [0.2, 0.25) is 0 Å². The third-order valence-electron chi connectivity index (χ3n) is 3.83. The number of hydrogen-bond acceptors (Lipinski definition) is 6. The Morgan fingerprint density at radius 2 is 1.83 bits per heavy atom. The second-order valence-electron chi connectivity index (χ2n) is 6.18. The zero-order chi connectivity index (χ0) is 17.2. The molecule has 1 aromatic carbocycles. The van der Waals surface area contributed by atoms with Crippen LogP contribution >= 0.6 is 0 Å². The molecule has 5 N–H and O–H groups in total. The fourth-order valence-electron chi connectivity index (χ4n) is 2.77. The Kier molecular flexibility index (Phi) is 5.38. The van der Waals surface area contributed by atoms with Crippen molar-refractivity contribution in [3.63, 3.8) is 0 Å². The lowest BCUT2D eigenvalue weighted by atomic mass is 10.1. The van der Waals surface area contributed by atoms with Crippen molar-refractivity contribution in [1.82, 2.24) is 0 Å². The normalized spacial score (nSPS) is 32.6. The van der Waals surface area contributed by atoms with E-state index in [9.17, 15) is 9.90 Å². The van der Waals surface area contributed by atoms with E-state index in [0.717, 1.165) is 0 Å². The average molecular weight is 325 g/mol. The molecule has 5 atom stereocenters. The first-order chi connectivity index (χ1) is 10.7. The van der Waals surface area contributed by atoms with Gasteiger partial charge in [-0.15, -0.1) is 0 Å². The number of fused-ring (bicyclic) bond motifs is 1. The highest BCUT2D eigenvalue weighted by Gasteiger charge is 2.52. The summed E-state index contributed by atoms with van der Waals surface area (Å²) in [7, 11) is 0. The average Bonchev–Trinajstić information content (AvgIpc) is 2.95. The molecule has 2 aliphatic rings. The van der Waals surface area contributed by atoms with Gasteiger partial charge < -0.3 is 30.5 Å². The maximum absolute atomic E-state index is 10.2. The first-order valence-electron chi connectivity index (χ1n) is 7.46. The molecule has 1 aliphatic carbocycles. The van der Waals surface area contributed by atoms with Gasteiger partial charge in [0.15, 0.2) is 11.9 Å². The van der Waals surface area contributed by atoms with Gasteiger partial charge in [-0.2, -0.15) is 0 Å². The third kappa shape index (κ3) is 4.27. The highest BCUT2D eigenvalue weighted by molar-refractivity contribution is 5.73. The van der Waals surface area contributed by atoms with Crippen molar-refractivity contribution < 1.29 is 29.6 Å². The van der Waals surface area contributed by atoms with Gasteiger partial charge in [0, 0.05) is 6.04 Å². The number of carboxylic acid groups (broad SMARTS) is 1. The minimum atomic E-state index is -1.41. The van der Waals surface area contributed by atoms with E-state index in [1.165, 1.54) is 0 Å². The molecular formula is C16H23NO6. The molecule has 1 aromatic rings. The molecule has 0 bridgehead atoms. The summed E-state index contributed by atoms with van der Waals surface area (Å²) in [6.07, 6.45) is -1.65. The van der Waals surface area contributed by atoms with Gasteiger partial charge in [-0.3, -0.25) is 0 Å². The molecule has 0 aromatic heterocycles. The van der Waals surface area contributed by atoms with Crippen molar-refractivity contribution in [3.05, 3.63) is 35.9 Å². The number of benzene rings is 1. The van der Waals surface area contributed by atoms with E-state index >= 15 is 0 Å². The van der Waals surface area contributed by atoms with E-state index in [4.69, 9.17) is 25.4 Å². The number of nitrogens with two attached hydrogens (primary N) is 1. The van der Waals surface area contributed by atoms with E-state index < -0.39 is 24.0 Å². The van der Waals surface area contributed by atoms with Gasteiger partial charge in [0.1, 0.15) is 12.2 Å². The zero-order valence-electron chi connectivity index (χ0n) is 13.1. The highest BCUT2D eigenvalue weighted by Crippen LogP contribution is 2.37. The number of aliphatic carboxylic acids is 1. The van der Waals surface area contributed by atoms with Crippen LogP contribution < -0.4 is 5.73 Å². The van der Waals surface area contributed by atoms with Crippen LogP contribution in [0.3, 0.4) is 0 Å². The summed E-state index contributed by atoms with van der Waals surface area (Å²) >= 11 is 0. The monoisotopic (exact) mass is 325 g/mol. The number of carboxylic acids is 1. The van der Waals surface area contributed by atoms with E-state index in [1.54, 1.807) is 30.3 Å². The fourth-order valence-corrected chi connectivity index (χ4v) is 2.77. The Balaban J connectivity index is 0.000000168. The van der Waals surface area contributed by atoms with Crippen LogP contribution in [0, 0.1) is 0 Å². The SMILES string of the molecule is CC1(C)O[C@@H]2[C@H](O1)[C@@H](O)C[C@H]2N.O=C(O)[C@H](O)c1ccccc1. The van der Waals surface area contributed by atoms with Gasteiger partial charge in [0.05, 0.1) is 6.10 Å². The number of rotatable bonds is 2. The van der Waals surface area contributed by atoms with Crippen LogP contribution in [0.2, 0.25) is 0 Å². The molecule has 0 spiro atoms. The number of aliphatic hydroxyl groups excluding tert-OH is 2. The Labute approximate surface area is 134 Å². The maximum Gasteiger partial charge on any atom is 0.337 e. The second-order valence-corrected chi connectivity index (χ2v) is 6.18. The molecule has 1 aliphatic heterocycles. The molecular weight excluding hydrogens is 302 g/mol. The molecule has 0 unspecified atom stereocenters. The Bertz CT molecular complexity index is 517. The minimum absolute atomic E-state index is 0.0909. The summed E-state index contributed by atoms with van der Waals surface area (Å²) in [5.74, 6) is -1.81. The lowest BCUT2D eigenvalue weighted by molar-refractivity contribution is -0.163. The highest BCUT2D eigenvalue weighted by atomic mass is 16.8. The summed E-state index contributed by atoms with van der Waals surface area (Å²) in [5.41, 5.74) is 6.17. The topological polar surface area (TPSA) is 122 Å². The quantitative estimate of drug-likeness (QED) is 0.621. The van der Waals surface area contributed by atoms with E-state index in [2.05, 4.69) is 0 Å². The maximum atomic E-state index is 10.2. The number of carbonyl (C=O) groups is 1. The van der Waals surface area contributed by atoms with E-state index in [-0.39, 0.29) is 18.2 Å². The van der Waals surface area contributed by atoms with Crippen LogP contribution in [0.15, 0.2) is 30.3 Å². The number of ether oxygens (including phenoxy) is 2. The molecule has 3 rings (SSSR count). The summed E-state index contributed by atoms with van der Waals surface area (Å²) in [5, 5.41) is 26.9. The third-order valence-corrected chi connectivity index (χ3v) is 3.83. The molecule has 1 saturated carbocycles. The molecule has 7 nitrogen and oxygen atoms in total. The summed E-state index contributed by atoms with van der Waals surface area (Å²) in [6.45, 7) is 3.68. The van der Waals surface area contributed by atoms with E-state index in [1.807, 2.05) is 13.8 Å². The van der Waals surface area contributed by atoms with Crippen LogP contribution in [0.1, 0.15) is 31.9 Å². The molecule has 128 valence electrons. The largest absolute Gasteiger partial charge is 0.479 e. The first kappa shape index (κ1) is 17.8. The molecule has 0 radical (unpaired) electrons. The second kappa shape index (κ2) is 6.94. The van der Waals surface area contributed by atoms with Crippen LogP contribution in [0.25, 0.3) is 0 Å². The summed E-state index contributed by atoms with van der Waals surface area (Å²) in [4.78, 5) is 10.2. The van der Waals surface area contributed by atoms with Crippen LogP contribution in [-0.2, 0) is 14.3 Å². The molecule has 1 saturated heterocycles. The predicted octanol–water partition coefficient (Wildman–Crippen LogP) is 0.403. The Morgan fingerprint density at radius 1 is 1.26 bits per heavy atom. The Morgan fingerprint density at radius 3 is 2.35 bits per heavy atom. The smallest absolute Gasteiger partial charge is 0.337 e. The van der Waals surface area contributed by atoms with Crippen LogP contribution in [0.4, 0.5) is 0 Å². The van der Waals surface area contributed by atoms with Crippen molar-refractivity contribution in [3.8, 4) is 0 Å². The minimum Gasteiger partial charge on any atom is -0.479 e. The number of hydrogen-bond donors (Lipinski definition) is 4. The zero-order valence-corrected chi connectivity index (χ0v) is 13.1. The van der Waals surface area contributed by atoms with Gasteiger partial charge >= 0.3 is 5.97 Å². The van der Waals surface area contributed by atoms with Crippen molar-refractivity contribution in [2.45, 2.75) is 56.5 Å². The van der Waals surface area contributed by atoms with Gasteiger partial charge in [-0.1, -0.05) is 30.3 Å². The predicted molar refractivity (Wildman–Crippen MR) is 81.5 cm³/mol. The van der Waals surface area contributed by atoms with Gasteiger partial charge in [-0.05, 0) is 25.8 Å². The van der Waals surface area contributed by atoms with Crippen molar-refractivity contribution in [1.29, 1.82) is 0 Å².